The Bertz CT molecular complexity index is 616. The molecule has 4 nitrogen and oxygen atoms in total. The van der Waals surface area contributed by atoms with Gasteiger partial charge in [0, 0.05) is 17.8 Å². The molecule has 0 saturated heterocycles. The summed E-state index contributed by atoms with van der Waals surface area (Å²) in [6, 6.07) is 5.29. The number of carboxylic acid groups (broad SMARTS) is 1. The molecule has 3 heterocycles. The number of nitrogens with zero attached hydrogens (tertiary/aromatic N) is 1. The molecule has 0 aromatic carbocycles. The monoisotopic (exact) mass is 291 g/mol. The summed E-state index contributed by atoms with van der Waals surface area (Å²) < 4.78 is 5.70. The van der Waals surface area contributed by atoms with E-state index in [2.05, 4.69) is 0 Å². The molecule has 0 saturated carbocycles. The number of hydrogen-bond acceptors (Lipinski definition) is 4. The summed E-state index contributed by atoms with van der Waals surface area (Å²) in [4.78, 5) is 14.8. The maximum absolute atomic E-state index is 11.6. The van der Waals surface area contributed by atoms with Crippen LogP contribution in [0.4, 0.5) is 0 Å². The zero-order valence-corrected chi connectivity index (χ0v) is 12.2. The highest BCUT2D eigenvalue weighted by Gasteiger charge is 2.34. The van der Waals surface area contributed by atoms with E-state index in [-0.39, 0.29) is 0 Å². The molecular weight excluding hydrogens is 274 g/mol. The van der Waals surface area contributed by atoms with Crippen molar-refractivity contribution in [3.8, 4) is 0 Å². The van der Waals surface area contributed by atoms with Crippen LogP contribution in [-0.2, 0) is 24.2 Å². The lowest BCUT2D eigenvalue weighted by molar-refractivity contribution is -0.144. The number of rotatable bonds is 4. The van der Waals surface area contributed by atoms with Gasteiger partial charge in [-0.15, -0.1) is 11.3 Å². The molecular formula is C15H17NO3S. The Morgan fingerprint density at radius 2 is 2.25 bits per heavy atom. The zero-order chi connectivity index (χ0) is 14.1. The Hall–Kier alpha value is -1.59. The van der Waals surface area contributed by atoms with Gasteiger partial charge >= 0.3 is 5.97 Å². The minimum atomic E-state index is -0.786. The van der Waals surface area contributed by atoms with Crippen LogP contribution in [0.25, 0.3) is 0 Å². The van der Waals surface area contributed by atoms with E-state index in [0.29, 0.717) is 6.54 Å². The summed E-state index contributed by atoms with van der Waals surface area (Å²) in [6.45, 7) is 3.35. The van der Waals surface area contributed by atoms with E-state index in [9.17, 15) is 9.90 Å². The fourth-order valence-electron chi connectivity index (χ4n) is 2.73. The van der Waals surface area contributed by atoms with Crippen LogP contribution in [0, 0.1) is 0 Å². The van der Waals surface area contributed by atoms with E-state index < -0.39 is 12.0 Å². The predicted octanol–water partition coefficient (Wildman–Crippen LogP) is 3.09. The van der Waals surface area contributed by atoms with Gasteiger partial charge in [0.1, 0.15) is 17.6 Å². The predicted molar refractivity (Wildman–Crippen MR) is 76.9 cm³/mol. The molecule has 1 aliphatic rings. The Kier molecular flexibility index (Phi) is 3.63. The van der Waals surface area contributed by atoms with Crippen LogP contribution in [0.1, 0.15) is 34.9 Å². The van der Waals surface area contributed by atoms with Crippen molar-refractivity contribution >= 4 is 17.3 Å². The number of furan rings is 1. The van der Waals surface area contributed by atoms with Gasteiger partial charge < -0.3 is 9.52 Å². The van der Waals surface area contributed by atoms with Crippen molar-refractivity contribution < 1.29 is 14.3 Å². The molecule has 2 aromatic rings. The molecule has 0 aliphatic carbocycles. The van der Waals surface area contributed by atoms with E-state index in [0.717, 1.165) is 36.5 Å². The second-order valence-corrected chi connectivity index (χ2v) is 5.98. The number of carbonyl (C=O) groups is 1. The quantitative estimate of drug-likeness (QED) is 0.940. The largest absolute Gasteiger partial charge is 0.480 e. The summed E-state index contributed by atoms with van der Waals surface area (Å²) >= 11 is 1.65. The molecule has 106 valence electrons. The normalized spacial score (nSPS) is 18.9. The van der Waals surface area contributed by atoms with E-state index in [1.54, 1.807) is 11.3 Å². The molecule has 1 atom stereocenters. The van der Waals surface area contributed by atoms with Crippen molar-refractivity contribution in [3.63, 3.8) is 0 Å². The SMILES string of the molecule is CCc1ccc(CN2CCc3sccc3C2C(=O)O)o1. The van der Waals surface area contributed by atoms with Gasteiger partial charge in [-0.05, 0) is 35.6 Å². The molecule has 1 aliphatic heterocycles. The smallest absolute Gasteiger partial charge is 0.325 e. The highest BCUT2D eigenvalue weighted by Crippen LogP contribution is 2.34. The van der Waals surface area contributed by atoms with Gasteiger partial charge in [0.05, 0.1) is 6.54 Å². The van der Waals surface area contributed by atoms with E-state index in [1.165, 1.54) is 4.88 Å². The topological polar surface area (TPSA) is 53.7 Å². The Labute approximate surface area is 121 Å². The Balaban J connectivity index is 1.84. The first kappa shape index (κ1) is 13.4. The minimum Gasteiger partial charge on any atom is -0.480 e. The maximum atomic E-state index is 11.6. The first-order valence-electron chi connectivity index (χ1n) is 6.79. The van der Waals surface area contributed by atoms with Crippen LogP contribution < -0.4 is 0 Å². The van der Waals surface area contributed by atoms with Gasteiger partial charge in [-0.3, -0.25) is 9.69 Å². The van der Waals surface area contributed by atoms with Gasteiger partial charge in [-0.1, -0.05) is 6.92 Å². The molecule has 2 aromatic heterocycles. The molecule has 20 heavy (non-hydrogen) atoms. The van der Waals surface area contributed by atoms with Gasteiger partial charge in [-0.25, -0.2) is 0 Å². The molecule has 3 rings (SSSR count). The van der Waals surface area contributed by atoms with Crippen molar-refractivity contribution in [1.29, 1.82) is 0 Å². The fourth-order valence-corrected chi connectivity index (χ4v) is 3.63. The second-order valence-electron chi connectivity index (χ2n) is 4.98. The van der Waals surface area contributed by atoms with Gasteiger partial charge in [0.15, 0.2) is 0 Å². The third-order valence-electron chi connectivity index (χ3n) is 3.72. The van der Waals surface area contributed by atoms with E-state index in [1.807, 2.05) is 35.4 Å². The molecule has 0 amide bonds. The average Bonchev–Trinajstić information content (AvgIpc) is 3.06. The second kappa shape index (κ2) is 5.42. The number of carboxylic acids is 1. The fraction of sp³-hybridized carbons (Fsp3) is 0.400. The first-order chi connectivity index (χ1) is 9.69. The summed E-state index contributed by atoms with van der Waals surface area (Å²) in [5, 5.41) is 11.5. The molecule has 0 spiro atoms. The zero-order valence-electron chi connectivity index (χ0n) is 11.3. The number of aryl methyl sites for hydroxylation is 1. The average molecular weight is 291 g/mol. The lowest BCUT2D eigenvalue weighted by Gasteiger charge is -2.32. The molecule has 0 bridgehead atoms. The molecule has 1 N–H and O–H groups in total. The molecule has 0 fully saturated rings. The van der Waals surface area contributed by atoms with Gasteiger partial charge in [0.2, 0.25) is 0 Å². The Morgan fingerprint density at radius 1 is 1.45 bits per heavy atom. The van der Waals surface area contributed by atoms with Crippen LogP contribution >= 0.6 is 11.3 Å². The maximum Gasteiger partial charge on any atom is 0.325 e. The third-order valence-corrected chi connectivity index (χ3v) is 4.72. The lowest BCUT2D eigenvalue weighted by atomic mass is 10.00. The van der Waals surface area contributed by atoms with Crippen molar-refractivity contribution in [3.05, 3.63) is 45.5 Å². The number of aliphatic carboxylic acids is 1. The number of thiophene rings is 1. The van der Waals surface area contributed by atoms with E-state index in [4.69, 9.17) is 4.42 Å². The van der Waals surface area contributed by atoms with Crippen LogP contribution in [0.2, 0.25) is 0 Å². The molecule has 5 heteroatoms. The van der Waals surface area contributed by atoms with Crippen LogP contribution in [-0.4, -0.2) is 22.5 Å². The van der Waals surface area contributed by atoms with Crippen LogP contribution in [0.3, 0.4) is 0 Å². The summed E-state index contributed by atoms with van der Waals surface area (Å²) in [5.41, 5.74) is 0.941. The Morgan fingerprint density at radius 3 is 2.95 bits per heavy atom. The highest BCUT2D eigenvalue weighted by atomic mass is 32.1. The lowest BCUT2D eigenvalue weighted by Crippen LogP contribution is -2.38. The summed E-state index contributed by atoms with van der Waals surface area (Å²) in [5.74, 6) is 0.999. The molecule has 0 radical (unpaired) electrons. The van der Waals surface area contributed by atoms with Crippen LogP contribution in [0.15, 0.2) is 28.0 Å². The standard InChI is InChI=1S/C15H17NO3S/c1-2-10-3-4-11(19-10)9-16-7-5-13-12(6-8-20-13)14(16)15(17)18/h3-4,6,8,14H,2,5,7,9H2,1H3,(H,17,18). The van der Waals surface area contributed by atoms with Crippen LogP contribution in [0.5, 0.6) is 0 Å². The van der Waals surface area contributed by atoms with E-state index >= 15 is 0 Å². The highest BCUT2D eigenvalue weighted by molar-refractivity contribution is 7.10. The first-order valence-corrected chi connectivity index (χ1v) is 7.67. The number of fused-ring (bicyclic) bond motifs is 1. The third kappa shape index (κ3) is 2.39. The van der Waals surface area contributed by atoms with Crippen molar-refractivity contribution in [2.75, 3.05) is 6.54 Å². The summed E-state index contributed by atoms with van der Waals surface area (Å²) in [6.07, 6.45) is 1.77. The van der Waals surface area contributed by atoms with Crippen molar-refractivity contribution in [2.24, 2.45) is 0 Å². The minimum absolute atomic E-state index is 0.548. The van der Waals surface area contributed by atoms with Crippen molar-refractivity contribution in [1.82, 2.24) is 4.90 Å². The van der Waals surface area contributed by atoms with Gasteiger partial charge in [0.25, 0.3) is 0 Å². The molecule has 1 unspecified atom stereocenters. The van der Waals surface area contributed by atoms with Crippen molar-refractivity contribution in [2.45, 2.75) is 32.4 Å². The number of hydrogen-bond donors (Lipinski definition) is 1. The van der Waals surface area contributed by atoms with Gasteiger partial charge in [-0.2, -0.15) is 0 Å². The summed E-state index contributed by atoms with van der Waals surface area (Å²) in [7, 11) is 0.